The van der Waals surface area contributed by atoms with Gasteiger partial charge in [0.25, 0.3) is 0 Å². The summed E-state index contributed by atoms with van der Waals surface area (Å²) in [6, 6.07) is 7.94. The molecule has 0 saturated heterocycles. The number of aryl methyl sites for hydroxylation is 1. The molecule has 0 radical (unpaired) electrons. The molecule has 1 aromatic heterocycles. The summed E-state index contributed by atoms with van der Waals surface area (Å²) in [6.07, 6.45) is 2.62. The first-order valence-electron chi connectivity index (χ1n) is 6.24. The Labute approximate surface area is 122 Å². The minimum Gasteiger partial charge on any atom is -0.348 e. The highest BCUT2D eigenvalue weighted by Crippen LogP contribution is 2.10. The van der Waals surface area contributed by atoms with Gasteiger partial charge in [-0.2, -0.15) is 5.10 Å². The topological polar surface area (TPSA) is 91.9 Å². The van der Waals surface area contributed by atoms with Crippen molar-refractivity contribution in [1.29, 1.82) is 0 Å². The molecule has 6 nitrogen and oxygen atoms in total. The molecule has 0 bridgehead atoms. The lowest BCUT2D eigenvalue weighted by Gasteiger charge is -2.01. The van der Waals surface area contributed by atoms with Gasteiger partial charge in [0.1, 0.15) is 0 Å². The van der Waals surface area contributed by atoms with Crippen molar-refractivity contribution >= 4 is 15.7 Å². The van der Waals surface area contributed by atoms with Crippen LogP contribution in [0.1, 0.15) is 11.3 Å². The van der Waals surface area contributed by atoms with Gasteiger partial charge in [0.2, 0.25) is 5.91 Å². The highest BCUT2D eigenvalue weighted by atomic mass is 32.2. The molecule has 1 aromatic carbocycles. The molecule has 0 saturated carbocycles. The second kappa shape index (κ2) is 6.36. The molecule has 110 valence electrons. The quantitative estimate of drug-likeness (QED) is 0.815. The van der Waals surface area contributed by atoms with Crippen LogP contribution in [0, 0.1) is 6.92 Å². The van der Waals surface area contributed by atoms with Crippen molar-refractivity contribution in [3.63, 3.8) is 0 Å². The van der Waals surface area contributed by atoms with Crippen LogP contribution < -0.4 is 5.32 Å². The Bertz CT molecular complexity index is 749. The summed E-state index contributed by atoms with van der Waals surface area (Å²) >= 11 is 0. The predicted octanol–water partition coefficient (Wildman–Crippen LogP) is 1.32. The third kappa shape index (κ3) is 4.03. The maximum absolute atomic E-state index is 11.9. The van der Waals surface area contributed by atoms with Gasteiger partial charge in [-0.05, 0) is 19.1 Å². The molecular formula is C14H15N3O3S. The van der Waals surface area contributed by atoms with Crippen LogP contribution in [0.25, 0.3) is 0 Å². The van der Waals surface area contributed by atoms with Crippen molar-refractivity contribution in [2.75, 3.05) is 0 Å². The number of H-pyrrole nitrogens is 1. The Balaban J connectivity index is 1.98. The van der Waals surface area contributed by atoms with Gasteiger partial charge in [-0.15, -0.1) is 0 Å². The van der Waals surface area contributed by atoms with E-state index in [1.807, 2.05) is 6.92 Å². The number of carbonyl (C=O) groups is 1. The van der Waals surface area contributed by atoms with Crippen molar-refractivity contribution in [3.05, 3.63) is 59.3 Å². The predicted molar refractivity (Wildman–Crippen MR) is 77.9 cm³/mol. The average Bonchev–Trinajstić information content (AvgIpc) is 2.89. The smallest absolute Gasteiger partial charge is 0.244 e. The minimum absolute atomic E-state index is 0.153. The number of nitrogens with one attached hydrogen (secondary N) is 2. The lowest BCUT2D eigenvalue weighted by Crippen LogP contribution is -2.20. The third-order valence-corrected chi connectivity index (χ3v) is 4.28. The molecule has 0 aliphatic carbocycles. The molecule has 0 aliphatic heterocycles. The van der Waals surface area contributed by atoms with Crippen molar-refractivity contribution < 1.29 is 13.2 Å². The SMILES string of the molecule is Cc1[nH]ncc1CNC(=O)/C=C/S(=O)(=O)c1ccccc1. The Kier molecular flexibility index (Phi) is 4.54. The van der Waals surface area contributed by atoms with E-state index in [1.165, 1.54) is 12.1 Å². The van der Waals surface area contributed by atoms with Crippen LogP contribution in [0.4, 0.5) is 0 Å². The molecule has 0 fully saturated rings. The van der Waals surface area contributed by atoms with Gasteiger partial charge in [0, 0.05) is 29.3 Å². The first kappa shape index (κ1) is 15.0. The van der Waals surface area contributed by atoms with E-state index < -0.39 is 15.7 Å². The summed E-state index contributed by atoms with van der Waals surface area (Å²) in [5.41, 5.74) is 1.71. The summed E-state index contributed by atoms with van der Waals surface area (Å²) in [6.45, 7) is 2.13. The van der Waals surface area contributed by atoms with E-state index in [-0.39, 0.29) is 11.4 Å². The van der Waals surface area contributed by atoms with Crippen LogP contribution in [0.5, 0.6) is 0 Å². The van der Waals surface area contributed by atoms with E-state index in [1.54, 1.807) is 24.4 Å². The second-order valence-electron chi connectivity index (χ2n) is 4.40. The largest absolute Gasteiger partial charge is 0.348 e. The van der Waals surface area contributed by atoms with E-state index in [0.717, 1.165) is 22.7 Å². The number of hydrogen-bond acceptors (Lipinski definition) is 4. The van der Waals surface area contributed by atoms with Gasteiger partial charge >= 0.3 is 0 Å². The number of amides is 1. The number of sulfone groups is 1. The molecule has 0 aliphatic rings. The van der Waals surface area contributed by atoms with Crippen molar-refractivity contribution in [3.8, 4) is 0 Å². The average molecular weight is 305 g/mol. The fourth-order valence-corrected chi connectivity index (χ4v) is 2.63. The summed E-state index contributed by atoms with van der Waals surface area (Å²) < 4.78 is 23.9. The summed E-state index contributed by atoms with van der Waals surface area (Å²) in [5, 5.41) is 10.1. The van der Waals surface area contributed by atoms with E-state index in [0.29, 0.717) is 0 Å². The molecule has 1 amide bonds. The van der Waals surface area contributed by atoms with Crippen LogP contribution in [0.2, 0.25) is 0 Å². The fraction of sp³-hybridized carbons (Fsp3) is 0.143. The molecule has 2 N–H and O–H groups in total. The number of hydrogen-bond donors (Lipinski definition) is 2. The lowest BCUT2D eigenvalue weighted by atomic mass is 10.2. The number of carbonyl (C=O) groups excluding carboxylic acids is 1. The highest BCUT2D eigenvalue weighted by molar-refractivity contribution is 7.94. The Morgan fingerprint density at radius 1 is 1.33 bits per heavy atom. The number of aromatic nitrogens is 2. The van der Waals surface area contributed by atoms with Crippen LogP contribution in [0.15, 0.2) is 52.9 Å². The number of rotatable bonds is 5. The lowest BCUT2D eigenvalue weighted by molar-refractivity contribution is -0.116. The highest BCUT2D eigenvalue weighted by Gasteiger charge is 2.10. The van der Waals surface area contributed by atoms with E-state index in [9.17, 15) is 13.2 Å². The van der Waals surface area contributed by atoms with Gasteiger partial charge in [-0.1, -0.05) is 18.2 Å². The van der Waals surface area contributed by atoms with Crippen LogP contribution in [-0.4, -0.2) is 24.5 Å². The third-order valence-electron chi connectivity index (χ3n) is 2.86. The summed E-state index contributed by atoms with van der Waals surface area (Å²) in [4.78, 5) is 11.8. The molecule has 7 heteroatoms. The molecular weight excluding hydrogens is 290 g/mol. The van der Waals surface area contributed by atoms with E-state index in [2.05, 4.69) is 15.5 Å². The van der Waals surface area contributed by atoms with Crippen LogP contribution in [-0.2, 0) is 21.2 Å². The van der Waals surface area contributed by atoms with Crippen LogP contribution >= 0.6 is 0 Å². The molecule has 2 rings (SSSR count). The van der Waals surface area contributed by atoms with Gasteiger partial charge in [0.15, 0.2) is 9.84 Å². The van der Waals surface area contributed by atoms with Crippen molar-refractivity contribution in [2.45, 2.75) is 18.4 Å². The molecule has 0 spiro atoms. The summed E-state index contributed by atoms with van der Waals surface area (Å²) in [5.74, 6) is -0.477. The monoisotopic (exact) mass is 305 g/mol. The molecule has 1 heterocycles. The Morgan fingerprint density at radius 3 is 2.67 bits per heavy atom. The first-order valence-corrected chi connectivity index (χ1v) is 7.78. The minimum atomic E-state index is -3.60. The molecule has 21 heavy (non-hydrogen) atoms. The van der Waals surface area contributed by atoms with Gasteiger partial charge < -0.3 is 5.32 Å². The standard InChI is InChI=1S/C14H15N3O3S/c1-11-12(10-16-17-11)9-15-14(18)7-8-21(19,20)13-5-3-2-4-6-13/h2-8,10H,9H2,1H3,(H,15,18)(H,16,17)/b8-7+. The summed E-state index contributed by atoms with van der Waals surface area (Å²) in [7, 11) is -3.60. The fourth-order valence-electron chi connectivity index (χ4n) is 1.64. The van der Waals surface area contributed by atoms with Gasteiger partial charge in [0.05, 0.1) is 11.1 Å². The molecule has 0 unspecified atom stereocenters. The maximum Gasteiger partial charge on any atom is 0.244 e. The van der Waals surface area contributed by atoms with E-state index >= 15 is 0 Å². The number of aromatic amines is 1. The van der Waals surface area contributed by atoms with Gasteiger partial charge in [-0.3, -0.25) is 9.89 Å². The Hall–Kier alpha value is -2.41. The second-order valence-corrected chi connectivity index (χ2v) is 6.23. The van der Waals surface area contributed by atoms with Gasteiger partial charge in [-0.25, -0.2) is 8.42 Å². The zero-order valence-corrected chi connectivity index (χ0v) is 12.2. The number of benzene rings is 1. The zero-order chi connectivity index (χ0) is 15.3. The van der Waals surface area contributed by atoms with Crippen molar-refractivity contribution in [2.24, 2.45) is 0 Å². The normalized spacial score (nSPS) is 11.7. The van der Waals surface area contributed by atoms with E-state index in [4.69, 9.17) is 0 Å². The maximum atomic E-state index is 11.9. The molecule has 0 atom stereocenters. The van der Waals surface area contributed by atoms with Crippen LogP contribution in [0.3, 0.4) is 0 Å². The number of nitrogens with zero attached hydrogens (tertiary/aromatic N) is 1. The van der Waals surface area contributed by atoms with Crippen molar-refractivity contribution in [1.82, 2.24) is 15.5 Å². The Morgan fingerprint density at radius 2 is 2.05 bits per heavy atom. The first-order chi connectivity index (χ1) is 9.99. The molecule has 2 aromatic rings. The zero-order valence-electron chi connectivity index (χ0n) is 11.4.